The van der Waals surface area contributed by atoms with Crippen LogP contribution in [0.5, 0.6) is 0 Å². The van der Waals surface area contributed by atoms with Crippen LogP contribution in [0.4, 0.5) is 11.8 Å². The standard InChI is InChI=1S/C24H29N5O2S/c1-17-2-4-18(5-3-17)24(16-25)9-11-29(12-10-24)23-27-20-8-15-32(30)21(20)22(28-23)26-19-6-13-31-14-7-19/h2-5,19H,6-15H2,1H3,(H,26,27,28). The summed E-state index contributed by atoms with van der Waals surface area (Å²) in [5, 5.41) is 13.6. The molecule has 168 valence electrons. The molecule has 5 rings (SSSR count). The van der Waals surface area contributed by atoms with E-state index in [-0.39, 0.29) is 6.04 Å². The third-order valence-corrected chi connectivity index (χ3v) is 8.42. The fourth-order valence-corrected chi connectivity index (χ4v) is 6.20. The lowest BCUT2D eigenvalue weighted by Crippen LogP contribution is -2.43. The van der Waals surface area contributed by atoms with Crippen LogP contribution in [0.2, 0.25) is 0 Å². The van der Waals surface area contributed by atoms with Gasteiger partial charge in [0.1, 0.15) is 11.4 Å². The predicted octanol–water partition coefficient (Wildman–Crippen LogP) is 3.10. The minimum atomic E-state index is -1.05. The van der Waals surface area contributed by atoms with E-state index in [2.05, 4.69) is 47.5 Å². The van der Waals surface area contributed by atoms with Crippen molar-refractivity contribution in [1.29, 1.82) is 5.26 Å². The Bertz CT molecular complexity index is 1010. The molecule has 1 aromatic carbocycles. The van der Waals surface area contributed by atoms with Crippen LogP contribution < -0.4 is 10.2 Å². The summed E-state index contributed by atoms with van der Waals surface area (Å²) in [4.78, 5) is 12.6. The first-order valence-electron chi connectivity index (χ1n) is 11.4. The number of aryl methyl sites for hydroxylation is 2. The van der Waals surface area contributed by atoms with Gasteiger partial charge in [0.15, 0.2) is 5.82 Å². The number of nitrogens with zero attached hydrogens (tertiary/aromatic N) is 4. The van der Waals surface area contributed by atoms with Gasteiger partial charge >= 0.3 is 0 Å². The van der Waals surface area contributed by atoms with Crippen molar-refractivity contribution in [3.8, 4) is 6.07 Å². The lowest BCUT2D eigenvalue weighted by Gasteiger charge is -2.38. The quantitative estimate of drug-likeness (QED) is 0.714. The van der Waals surface area contributed by atoms with Crippen LogP contribution in [-0.4, -0.2) is 52.6 Å². The predicted molar refractivity (Wildman–Crippen MR) is 124 cm³/mol. The van der Waals surface area contributed by atoms with E-state index >= 15 is 0 Å². The van der Waals surface area contributed by atoms with E-state index in [1.807, 2.05) is 0 Å². The molecule has 0 bridgehead atoms. The molecule has 1 unspecified atom stereocenters. The molecule has 2 saturated heterocycles. The van der Waals surface area contributed by atoms with Gasteiger partial charge in [-0.1, -0.05) is 29.8 Å². The molecule has 2 fully saturated rings. The van der Waals surface area contributed by atoms with E-state index < -0.39 is 16.6 Å². The Hall–Kier alpha value is -2.34. The SMILES string of the molecule is Cc1ccc(C2(C#N)CCN(c3nc4c(c(NC5CCOCC5)n3)[S+]([O-])CC4)CC2)cc1. The third-order valence-electron chi connectivity index (χ3n) is 6.96. The average molecular weight is 452 g/mol. The molecule has 0 saturated carbocycles. The summed E-state index contributed by atoms with van der Waals surface area (Å²) in [6, 6.07) is 11.2. The highest BCUT2D eigenvalue weighted by atomic mass is 32.2. The minimum absolute atomic E-state index is 0.280. The van der Waals surface area contributed by atoms with E-state index in [1.54, 1.807) is 0 Å². The second-order valence-corrected chi connectivity index (χ2v) is 10.5. The molecule has 1 atom stereocenters. The lowest BCUT2D eigenvalue weighted by molar-refractivity contribution is 0.0903. The fraction of sp³-hybridized carbons (Fsp3) is 0.542. The van der Waals surface area contributed by atoms with Crippen molar-refractivity contribution in [2.24, 2.45) is 0 Å². The first-order chi connectivity index (χ1) is 15.6. The first-order valence-corrected chi connectivity index (χ1v) is 12.8. The number of nitriles is 1. The summed E-state index contributed by atoms with van der Waals surface area (Å²) in [6.45, 7) is 4.99. The molecular formula is C24H29N5O2S. The molecule has 1 N–H and O–H groups in total. The Labute approximate surface area is 192 Å². The monoisotopic (exact) mass is 451 g/mol. The van der Waals surface area contributed by atoms with Gasteiger partial charge in [0.05, 0.1) is 11.5 Å². The average Bonchev–Trinajstić information content (AvgIpc) is 3.21. The number of fused-ring (bicyclic) bond motifs is 1. The Morgan fingerprint density at radius 2 is 1.91 bits per heavy atom. The van der Waals surface area contributed by atoms with Crippen molar-refractivity contribution in [3.63, 3.8) is 0 Å². The second-order valence-electron chi connectivity index (χ2n) is 9.03. The van der Waals surface area contributed by atoms with Crippen molar-refractivity contribution >= 4 is 22.9 Å². The van der Waals surface area contributed by atoms with Crippen molar-refractivity contribution in [3.05, 3.63) is 41.1 Å². The van der Waals surface area contributed by atoms with E-state index in [0.717, 1.165) is 80.4 Å². The van der Waals surface area contributed by atoms with Crippen LogP contribution in [0.15, 0.2) is 29.2 Å². The molecule has 4 heterocycles. The van der Waals surface area contributed by atoms with E-state index in [9.17, 15) is 9.81 Å². The number of nitrogens with one attached hydrogen (secondary N) is 1. The molecule has 0 spiro atoms. The molecule has 2 aromatic rings. The molecule has 32 heavy (non-hydrogen) atoms. The summed E-state index contributed by atoms with van der Waals surface area (Å²) in [5.41, 5.74) is 2.73. The Kier molecular flexibility index (Phi) is 5.97. The van der Waals surface area contributed by atoms with Crippen LogP contribution in [0.25, 0.3) is 0 Å². The summed E-state index contributed by atoms with van der Waals surface area (Å²) < 4.78 is 18.1. The molecule has 0 amide bonds. The molecule has 0 aliphatic carbocycles. The van der Waals surface area contributed by atoms with Gasteiger partial charge in [-0.2, -0.15) is 10.2 Å². The molecule has 3 aliphatic rings. The maximum absolute atomic E-state index is 12.6. The summed E-state index contributed by atoms with van der Waals surface area (Å²) in [5.74, 6) is 2.02. The highest BCUT2D eigenvalue weighted by Gasteiger charge is 2.39. The smallest absolute Gasteiger partial charge is 0.227 e. The summed E-state index contributed by atoms with van der Waals surface area (Å²) >= 11 is -1.05. The number of piperidine rings is 1. The summed E-state index contributed by atoms with van der Waals surface area (Å²) in [7, 11) is 0. The molecule has 0 radical (unpaired) electrons. The third kappa shape index (κ3) is 4.05. The largest absolute Gasteiger partial charge is 0.611 e. The molecule has 7 nitrogen and oxygen atoms in total. The maximum Gasteiger partial charge on any atom is 0.227 e. The van der Waals surface area contributed by atoms with Crippen molar-refractivity contribution in [2.75, 3.05) is 42.3 Å². The van der Waals surface area contributed by atoms with E-state index in [4.69, 9.17) is 14.7 Å². The number of hydrogen-bond donors (Lipinski definition) is 1. The zero-order valence-electron chi connectivity index (χ0n) is 18.5. The lowest BCUT2D eigenvalue weighted by atomic mass is 9.74. The zero-order valence-corrected chi connectivity index (χ0v) is 19.3. The number of ether oxygens (including phenoxy) is 1. The second kappa shape index (κ2) is 8.89. The van der Waals surface area contributed by atoms with Gasteiger partial charge in [0, 0.05) is 38.8 Å². The van der Waals surface area contributed by atoms with Gasteiger partial charge in [0.25, 0.3) is 0 Å². The fourth-order valence-electron chi connectivity index (χ4n) is 4.88. The van der Waals surface area contributed by atoms with Crippen LogP contribution in [0.3, 0.4) is 0 Å². The van der Waals surface area contributed by atoms with Crippen LogP contribution in [-0.2, 0) is 27.7 Å². The number of anilines is 2. The highest BCUT2D eigenvalue weighted by molar-refractivity contribution is 7.91. The van der Waals surface area contributed by atoms with Crippen molar-refractivity contribution in [1.82, 2.24) is 9.97 Å². The molecular weight excluding hydrogens is 422 g/mol. The Morgan fingerprint density at radius 1 is 1.19 bits per heavy atom. The Morgan fingerprint density at radius 3 is 2.59 bits per heavy atom. The first kappa shape index (κ1) is 21.5. The summed E-state index contributed by atoms with van der Waals surface area (Å²) in [6.07, 6.45) is 4.04. The zero-order chi connectivity index (χ0) is 22.1. The number of aromatic nitrogens is 2. The molecule has 3 aliphatic heterocycles. The van der Waals surface area contributed by atoms with Gasteiger partial charge in [0.2, 0.25) is 10.8 Å². The molecule has 1 aromatic heterocycles. The van der Waals surface area contributed by atoms with Gasteiger partial charge in [-0.15, -0.1) is 0 Å². The van der Waals surface area contributed by atoms with Crippen molar-refractivity contribution in [2.45, 2.75) is 55.4 Å². The van der Waals surface area contributed by atoms with Gasteiger partial charge in [-0.25, -0.2) is 4.98 Å². The maximum atomic E-state index is 12.6. The normalized spacial score (nSPS) is 22.9. The Balaban J connectivity index is 1.38. The van der Waals surface area contributed by atoms with E-state index in [1.165, 1.54) is 5.56 Å². The van der Waals surface area contributed by atoms with Gasteiger partial charge < -0.3 is 19.5 Å². The number of hydrogen-bond acceptors (Lipinski definition) is 7. The van der Waals surface area contributed by atoms with Gasteiger partial charge in [-0.05, 0) is 49.3 Å². The van der Waals surface area contributed by atoms with Crippen LogP contribution >= 0.6 is 0 Å². The minimum Gasteiger partial charge on any atom is -0.611 e. The number of benzene rings is 1. The number of rotatable bonds is 4. The molecule has 8 heteroatoms. The van der Waals surface area contributed by atoms with Crippen LogP contribution in [0, 0.1) is 18.3 Å². The van der Waals surface area contributed by atoms with E-state index in [0.29, 0.717) is 11.7 Å². The topological polar surface area (TPSA) is 97.1 Å². The van der Waals surface area contributed by atoms with Gasteiger partial charge in [-0.3, -0.25) is 0 Å². The van der Waals surface area contributed by atoms with Crippen LogP contribution in [0.1, 0.15) is 42.5 Å². The highest BCUT2D eigenvalue weighted by Crippen LogP contribution is 2.38. The van der Waals surface area contributed by atoms with Crippen molar-refractivity contribution < 1.29 is 9.29 Å².